The van der Waals surface area contributed by atoms with Gasteiger partial charge in [-0.2, -0.15) is 0 Å². The first-order valence-corrected chi connectivity index (χ1v) is 4.97. The van der Waals surface area contributed by atoms with Crippen LogP contribution in [0.2, 0.25) is 0 Å². The molecule has 0 aliphatic heterocycles. The van der Waals surface area contributed by atoms with E-state index in [9.17, 15) is 0 Å². The molecule has 0 aromatic rings. The van der Waals surface area contributed by atoms with Crippen molar-refractivity contribution in [3.63, 3.8) is 0 Å². The van der Waals surface area contributed by atoms with E-state index < -0.39 is 0 Å². The number of aliphatic hydroxyl groups excluding tert-OH is 1. The minimum Gasteiger partial charge on any atom is -0.396 e. The van der Waals surface area contributed by atoms with Gasteiger partial charge in [-0.25, -0.2) is 0 Å². The van der Waals surface area contributed by atoms with Crippen molar-refractivity contribution in [1.82, 2.24) is 5.32 Å². The van der Waals surface area contributed by atoms with E-state index in [4.69, 9.17) is 9.84 Å². The minimum atomic E-state index is 0.214. The number of methoxy groups -OCH3 is 1. The molecule has 0 fully saturated rings. The molecule has 80 valence electrons. The third kappa shape index (κ3) is 6.02. The van der Waals surface area contributed by atoms with Crippen molar-refractivity contribution in [2.24, 2.45) is 5.92 Å². The van der Waals surface area contributed by atoms with Crippen LogP contribution in [0.4, 0.5) is 0 Å². The van der Waals surface area contributed by atoms with Gasteiger partial charge in [-0.05, 0) is 19.3 Å². The van der Waals surface area contributed by atoms with Crippen molar-refractivity contribution in [3.8, 4) is 0 Å². The molecule has 0 saturated heterocycles. The van der Waals surface area contributed by atoms with Gasteiger partial charge in [-0.1, -0.05) is 13.8 Å². The summed E-state index contributed by atoms with van der Waals surface area (Å²) in [6.07, 6.45) is 0.755. The summed E-state index contributed by atoms with van der Waals surface area (Å²) in [6.45, 7) is 7.40. The highest BCUT2D eigenvalue weighted by Gasteiger charge is 2.13. The second kappa shape index (κ2) is 7.30. The molecule has 0 bridgehead atoms. The highest BCUT2D eigenvalue weighted by atomic mass is 16.5. The van der Waals surface area contributed by atoms with Crippen LogP contribution in [-0.2, 0) is 4.74 Å². The zero-order valence-corrected chi connectivity index (χ0v) is 9.21. The lowest BCUT2D eigenvalue weighted by Crippen LogP contribution is -2.42. The molecule has 13 heavy (non-hydrogen) atoms. The number of hydrogen-bond donors (Lipinski definition) is 2. The SMILES string of the molecule is COCC(CCO)NC(C)C(C)C. The molecule has 0 aromatic heterocycles. The number of nitrogens with one attached hydrogen (secondary N) is 1. The first-order chi connectivity index (χ1) is 6.11. The van der Waals surface area contributed by atoms with Crippen LogP contribution in [0.25, 0.3) is 0 Å². The standard InChI is InChI=1S/C10H23NO2/c1-8(2)9(3)11-10(5-6-12)7-13-4/h8-12H,5-7H2,1-4H3. The molecular formula is C10H23NO2. The molecule has 0 radical (unpaired) electrons. The molecule has 0 spiro atoms. The van der Waals surface area contributed by atoms with Crippen LogP contribution < -0.4 is 5.32 Å². The monoisotopic (exact) mass is 189 g/mol. The third-order valence-corrected chi connectivity index (χ3v) is 2.34. The largest absolute Gasteiger partial charge is 0.396 e. The van der Waals surface area contributed by atoms with Crippen LogP contribution >= 0.6 is 0 Å². The Hall–Kier alpha value is -0.120. The summed E-state index contributed by atoms with van der Waals surface area (Å²) in [7, 11) is 1.69. The predicted molar refractivity (Wildman–Crippen MR) is 54.8 cm³/mol. The molecule has 0 rings (SSSR count). The van der Waals surface area contributed by atoms with Gasteiger partial charge in [0, 0.05) is 25.8 Å². The van der Waals surface area contributed by atoms with Gasteiger partial charge < -0.3 is 15.2 Å². The second-order valence-electron chi connectivity index (χ2n) is 3.86. The van der Waals surface area contributed by atoms with E-state index in [1.807, 2.05) is 0 Å². The van der Waals surface area contributed by atoms with Crippen LogP contribution in [0, 0.1) is 5.92 Å². The zero-order chi connectivity index (χ0) is 10.3. The topological polar surface area (TPSA) is 41.5 Å². The van der Waals surface area contributed by atoms with Crippen molar-refractivity contribution in [2.75, 3.05) is 20.3 Å². The third-order valence-electron chi connectivity index (χ3n) is 2.34. The maximum atomic E-state index is 8.82. The minimum absolute atomic E-state index is 0.214. The highest BCUT2D eigenvalue weighted by molar-refractivity contribution is 4.72. The smallest absolute Gasteiger partial charge is 0.0616 e. The lowest BCUT2D eigenvalue weighted by molar-refractivity contribution is 0.139. The van der Waals surface area contributed by atoms with Crippen LogP contribution in [0.5, 0.6) is 0 Å². The van der Waals surface area contributed by atoms with E-state index in [-0.39, 0.29) is 12.6 Å². The Morgan fingerprint density at radius 3 is 2.31 bits per heavy atom. The first-order valence-electron chi connectivity index (χ1n) is 4.97. The number of aliphatic hydroxyl groups is 1. The average molecular weight is 189 g/mol. The van der Waals surface area contributed by atoms with Gasteiger partial charge in [-0.3, -0.25) is 0 Å². The molecule has 0 aliphatic rings. The van der Waals surface area contributed by atoms with Crippen LogP contribution in [0.1, 0.15) is 27.2 Å². The van der Waals surface area contributed by atoms with E-state index >= 15 is 0 Å². The van der Waals surface area contributed by atoms with Gasteiger partial charge in [0.15, 0.2) is 0 Å². The lowest BCUT2D eigenvalue weighted by Gasteiger charge is -2.24. The fourth-order valence-electron chi connectivity index (χ4n) is 1.14. The molecule has 2 N–H and O–H groups in total. The molecule has 0 heterocycles. The van der Waals surface area contributed by atoms with Crippen molar-refractivity contribution in [2.45, 2.75) is 39.3 Å². The van der Waals surface area contributed by atoms with Gasteiger partial charge in [0.05, 0.1) is 6.61 Å². The summed E-state index contributed by atoms with van der Waals surface area (Å²) < 4.78 is 5.06. The summed E-state index contributed by atoms with van der Waals surface area (Å²) in [5, 5.41) is 12.3. The fraction of sp³-hybridized carbons (Fsp3) is 1.00. The maximum Gasteiger partial charge on any atom is 0.0616 e. The molecule has 0 aliphatic carbocycles. The molecule has 0 aromatic carbocycles. The summed E-state index contributed by atoms with van der Waals surface area (Å²) in [6, 6.07) is 0.735. The molecule has 3 nitrogen and oxygen atoms in total. The van der Waals surface area contributed by atoms with Crippen molar-refractivity contribution in [3.05, 3.63) is 0 Å². The highest BCUT2D eigenvalue weighted by Crippen LogP contribution is 2.03. The number of hydrogen-bond acceptors (Lipinski definition) is 3. The summed E-state index contributed by atoms with van der Waals surface area (Å²) in [4.78, 5) is 0. The van der Waals surface area contributed by atoms with E-state index in [2.05, 4.69) is 26.1 Å². The summed E-state index contributed by atoms with van der Waals surface area (Å²) in [5.41, 5.74) is 0. The molecular weight excluding hydrogens is 166 g/mol. The summed E-state index contributed by atoms with van der Waals surface area (Å²) >= 11 is 0. The Labute approximate surface area is 81.5 Å². The van der Waals surface area contributed by atoms with Gasteiger partial charge in [0.25, 0.3) is 0 Å². The number of rotatable bonds is 7. The average Bonchev–Trinajstić information content (AvgIpc) is 2.05. The van der Waals surface area contributed by atoms with Gasteiger partial charge in [0.1, 0.15) is 0 Å². The molecule has 2 atom stereocenters. The quantitative estimate of drug-likeness (QED) is 0.628. The van der Waals surface area contributed by atoms with Crippen LogP contribution in [0.3, 0.4) is 0 Å². The van der Waals surface area contributed by atoms with Crippen molar-refractivity contribution in [1.29, 1.82) is 0 Å². The molecule has 0 amide bonds. The first kappa shape index (κ1) is 12.9. The molecule has 2 unspecified atom stereocenters. The van der Waals surface area contributed by atoms with Crippen LogP contribution in [0.15, 0.2) is 0 Å². The fourth-order valence-corrected chi connectivity index (χ4v) is 1.14. The van der Waals surface area contributed by atoms with Crippen molar-refractivity contribution < 1.29 is 9.84 Å². The Morgan fingerprint density at radius 1 is 1.31 bits per heavy atom. The lowest BCUT2D eigenvalue weighted by atomic mass is 10.0. The van der Waals surface area contributed by atoms with Gasteiger partial charge in [-0.15, -0.1) is 0 Å². The zero-order valence-electron chi connectivity index (χ0n) is 9.21. The molecule has 3 heteroatoms. The van der Waals surface area contributed by atoms with E-state index in [0.29, 0.717) is 18.6 Å². The van der Waals surface area contributed by atoms with Gasteiger partial charge >= 0.3 is 0 Å². The Balaban J connectivity index is 3.78. The maximum absolute atomic E-state index is 8.82. The van der Waals surface area contributed by atoms with E-state index in [1.54, 1.807) is 7.11 Å². The second-order valence-corrected chi connectivity index (χ2v) is 3.86. The number of ether oxygens (including phenoxy) is 1. The van der Waals surface area contributed by atoms with E-state index in [0.717, 1.165) is 6.42 Å². The van der Waals surface area contributed by atoms with Gasteiger partial charge in [0.2, 0.25) is 0 Å². The summed E-state index contributed by atoms with van der Waals surface area (Å²) in [5.74, 6) is 0.609. The predicted octanol–water partition coefficient (Wildman–Crippen LogP) is 1.02. The van der Waals surface area contributed by atoms with E-state index in [1.165, 1.54) is 0 Å². The Kier molecular flexibility index (Phi) is 7.23. The Morgan fingerprint density at radius 2 is 1.92 bits per heavy atom. The molecule has 0 saturated carbocycles. The Bertz CT molecular complexity index is 111. The van der Waals surface area contributed by atoms with Crippen LogP contribution in [-0.4, -0.2) is 37.5 Å². The van der Waals surface area contributed by atoms with Crippen molar-refractivity contribution >= 4 is 0 Å². The normalized spacial score (nSPS) is 16.2.